The van der Waals surface area contributed by atoms with Gasteiger partial charge >= 0.3 is 0 Å². The predicted molar refractivity (Wildman–Crippen MR) is 124 cm³/mol. The average molecular weight is 439 g/mol. The number of pyridine rings is 1. The number of anilines is 1. The van der Waals surface area contributed by atoms with E-state index in [0.717, 1.165) is 5.69 Å². The first-order chi connectivity index (χ1) is 16.1. The van der Waals surface area contributed by atoms with Gasteiger partial charge in [-0.3, -0.25) is 14.6 Å². The molecule has 0 radical (unpaired) electrons. The quantitative estimate of drug-likeness (QED) is 0.410. The number of carbonyl (C=O) groups excluding carboxylic acids is 2. The van der Waals surface area contributed by atoms with E-state index >= 15 is 0 Å². The van der Waals surface area contributed by atoms with Gasteiger partial charge in [0.05, 0.1) is 5.69 Å². The van der Waals surface area contributed by atoms with Gasteiger partial charge in [0.2, 0.25) is 5.91 Å². The Kier molecular flexibility index (Phi) is 6.61. The molecule has 0 saturated carbocycles. The van der Waals surface area contributed by atoms with Crippen LogP contribution in [0.25, 0.3) is 0 Å². The summed E-state index contributed by atoms with van der Waals surface area (Å²) in [5.74, 6) is 0.990. The smallest absolute Gasteiger partial charge is 0.255 e. The molecule has 1 aromatic heterocycles. The Hall–Kier alpha value is -4.65. The van der Waals surface area contributed by atoms with Crippen LogP contribution in [-0.2, 0) is 6.61 Å². The molecule has 0 atom stereocenters. The molecular weight excluding hydrogens is 418 g/mol. The fourth-order valence-corrected chi connectivity index (χ4v) is 3.01. The number of amides is 2. The summed E-state index contributed by atoms with van der Waals surface area (Å²) in [6.45, 7) is 0.338. The van der Waals surface area contributed by atoms with Crippen molar-refractivity contribution in [3.63, 3.8) is 0 Å². The van der Waals surface area contributed by atoms with Gasteiger partial charge in [0.25, 0.3) is 5.91 Å². The van der Waals surface area contributed by atoms with Crippen molar-refractivity contribution in [1.29, 1.82) is 0 Å². The topological polar surface area (TPSA) is 104 Å². The van der Waals surface area contributed by atoms with E-state index in [0.29, 0.717) is 40.7 Å². The summed E-state index contributed by atoms with van der Waals surface area (Å²) in [7, 11) is 0. The highest BCUT2D eigenvalue weighted by Gasteiger charge is 2.08. The van der Waals surface area contributed by atoms with E-state index in [1.807, 2.05) is 30.3 Å². The van der Waals surface area contributed by atoms with E-state index in [4.69, 9.17) is 15.2 Å². The van der Waals surface area contributed by atoms with Crippen molar-refractivity contribution < 1.29 is 19.1 Å². The van der Waals surface area contributed by atoms with Crippen molar-refractivity contribution in [3.05, 3.63) is 114 Å². The molecule has 0 saturated heterocycles. The lowest BCUT2D eigenvalue weighted by molar-refractivity contribution is 0.0997. The van der Waals surface area contributed by atoms with Crippen LogP contribution in [0.4, 0.5) is 5.69 Å². The maximum absolute atomic E-state index is 12.6. The average Bonchev–Trinajstić information content (AvgIpc) is 2.84. The summed E-state index contributed by atoms with van der Waals surface area (Å²) in [4.78, 5) is 28.0. The zero-order valence-electron chi connectivity index (χ0n) is 17.6. The predicted octanol–water partition coefficient (Wildman–Crippen LogP) is 4.80. The molecule has 3 aromatic carbocycles. The molecule has 7 heteroatoms. The lowest BCUT2D eigenvalue weighted by Gasteiger charge is -2.10. The normalized spacial score (nSPS) is 10.3. The Balaban J connectivity index is 1.35. The first-order valence-corrected chi connectivity index (χ1v) is 10.2. The lowest BCUT2D eigenvalue weighted by Crippen LogP contribution is -2.11. The molecule has 164 valence electrons. The number of benzene rings is 3. The molecular formula is C26H21N3O4. The number of nitrogens with two attached hydrogens (primary N) is 1. The van der Waals surface area contributed by atoms with Crippen LogP contribution < -0.4 is 20.5 Å². The Morgan fingerprint density at radius 3 is 2.12 bits per heavy atom. The van der Waals surface area contributed by atoms with Crippen LogP contribution in [0.2, 0.25) is 0 Å². The molecule has 0 aliphatic heterocycles. The van der Waals surface area contributed by atoms with Crippen molar-refractivity contribution >= 4 is 17.5 Å². The maximum Gasteiger partial charge on any atom is 0.255 e. The first kappa shape index (κ1) is 21.6. The van der Waals surface area contributed by atoms with Crippen LogP contribution in [0.1, 0.15) is 26.4 Å². The van der Waals surface area contributed by atoms with Gasteiger partial charge in [0, 0.05) is 29.1 Å². The number of nitrogens with one attached hydrogen (secondary N) is 1. The van der Waals surface area contributed by atoms with Gasteiger partial charge in [-0.25, -0.2) is 0 Å². The summed E-state index contributed by atoms with van der Waals surface area (Å²) in [5.41, 5.74) is 7.55. The standard InChI is InChI=1S/C26H21N3O4/c27-25(30)18-7-11-22(12-8-18)33-23-13-9-19(10-14-23)26(31)29-20-5-3-6-24(16-20)32-17-21-4-1-2-15-28-21/h1-16H,17H2,(H2,27,30)(H,29,31). The SMILES string of the molecule is NC(=O)c1ccc(Oc2ccc(C(=O)Nc3cccc(OCc4ccccn4)c3)cc2)cc1. The largest absolute Gasteiger partial charge is 0.487 e. The third-order valence-corrected chi connectivity index (χ3v) is 4.70. The second kappa shape index (κ2) is 10.1. The van der Waals surface area contributed by atoms with Crippen molar-refractivity contribution in [2.24, 2.45) is 5.73 Å². The zero-order valence-corrected chi connectivity index (χ0v) is 17.6. The van der Waals surface area contributed by atoms with Gasteiger partial charge in [-0.15, -0.1) is 0 Å². The third-order valence-electron chi connectivity index (χ3n) is 4.70. The Bertz CT molecular complexity index is 1240. The van der Waals surface area contributed by atoms with E-state index in [1.165, 1.54) is 0 Å². The summed E-state index contributed by atoms with van der Waals surface area (Å²) in [6, 6.07) is 26.0. The molecule has 0 aliphatic carbocycles. The van der Waals surface area contributed by atoms with Gasteiger partial charge in [0.15, 0.2) is 0 Å². The molecule has 0 aliphatic rings. The number of hydrogen-bond acceptors (Lipinski definition) is 5. The van der Waals surface area contributed by atoms with Crippen LogP contribution in [0, 0.1) is 0 Å². The monoisotopic (exact) mass is 439 g/mol. The third kappa shape index (κ3) is 5.95. The summed E-state index contributed by atoms with van der Waals surface area (Å²) >= 11 is 0. The van der Waals surface area contributed by atoms with Crippen LogP contribution in [-0.4, -0.2) is 16.8 Å². The second-order valence-electron chi connectivity index (χ2n) is 7.11. The van der Waals surface area contributed by atoms with Crippen LogP contribution in [0.5, 0.6) is 17.2 Å². The molecule has 1 heterocycles. The molecule has 0 spiro atoms. The number of hydrogen-bond donors (Lipinski definition) is 2. The summed E-state index contributed by atoms with van der Waals surface area (Å²) in [6.07, 6.45) is 1.71. The van der Waals surface area contributed by atoms with Gasteiger partial charge in [-0.05, 0) is 72.8 Å². The minimum absolute atomic E-state index is 0.255. The lowest BCUT2D eigenvalue weighted by atomic mass is 10.2. The first-order valence-electron chi connectivity index (χ1n) is 10.2. The van der Waals surface area contributed by atoms with E-state index in [2.05, 4.69) is 10.3 Å². The minimum atomic E-state index is -0.498. The molecule has 4 aromatic rings. The fourth-order valence-electron chi connectivity index (χ4n) is 3.01. The molecule has 0 fully saturated rings. The number of rotatable bonds is 8. The number of aromatic nitrogens is 1. The van der Waals surface area contributed by atoms with Gasteiger partial charge in [-0.1, -0.05) is 12.1 Å². The molecule has 0 bridgehead atoms. The second-order valence-corrected chi connectivity index (χ2v) is 7.11. The molecule has 3 N–H and O–H groups in total. The number of nitrogens with zero attached hydrogens (tertiary/aromatic N) is 1. The number of primary amides is 1. The maximum atomic E-state index is 12.6. The Labute approximate surface area is 190 Å². The van der Waals surface area contributed by atoms with Crippen LogP contribution in [0.3, 0.4) is 0 Å². The van der Waals surface area contributed by atoms with E-state index in [-0.39, 0.29) is 5.91 Å². The Morgan fingerprint density at radius 2 is 1.48 bits per heavy atom. The minimum Gasteiger partial charge on any atom is -0.487 e. The molecule has 7 nitrogen and oxygen atoms in total. The van der Waals surface area contributed by atoms with E-state index in [1.54, 1.807) is 66.9 Å². The van der Waals surface area contributed by atoms with E-state index in [9.17, 15) is 9.59 Å². The van der Waals surface area contributed by atoms with Gasteiger partial charge < -0.3 is 20.5 Å². The van der Waals surface area contributed by atoms with Crippen molar-refractivity contribution in [3.8, 4) is 17.2 Å². The molecule has 4 rings (SSSR count). The Morgan fingerprint density at radius 1 is 0.788 bits per heavy atom. The van der Waals surface area contributed by atoms with Crippen LogP contribution >= 0.6 is 0 Å². The fraction of sp³-hybridized carbons (Fsp3) is 0.0385. The van der Waals surface area contributed by atoms with Crippen molar-refractivity contribution in [2.75, 3.05) is 5.32 Å². The number of carbonyl (C=O) groups is 2. The van der Waals surface area contributed by atoms with E-state index < -0.39 is 5.91 Å². The highest BCUT2D eigenvalue weighted by Crippen LogP contribution is 2.23. The van der Waals surface area contributed by atoms with Gasteiger partial charge in [0.1, 0.15) is 23.9 Å². The highest BCUT2D eigenvalue weighted by molar-refractivity contribution is 6.04. The molecule has 33 heavy (non-hydrogen) atoms. The van der Waals surface area contributed by atoms with Crippen LogP contribution in [0.15, 0.2) is 97.2 Å². The summed E-state index contributed by atoms with van der Waals surface area (Å²) < 4.78 is 11.5. The molecule has 0 unspecified atom stereocenters. The zero-order chi connectivity index (χ0) is 23.0. The highest BCUT2D eigenvalue weighted by atomic mass is 16.5. The van der Waals surface area contributed by atoms with Crippen molar-refractivity contribution in [2.45, 2.75) is 6.61 Å². The molecule has 2 amide bonds. The van der Waals surface area contributed by atoms with Gasteiger partial charge in [-0.2, -0.15) is 0 Å². The van der Waals surface area contributed by atoms with Crippen molar-refractivity contribution in [1.82, 2.24) is 4.98 Å². The number of ether oxygens (including phenoxy) is 2. The summed E-state index contributed by atoms with van der Waals surface area (Å²) in [5, 5.41) is 2.86.